The van der Waals surface area contributed by atoms with Gasteiger partial charge < -0.3 is 30.3 Å². The second kappa shape index (κ2) is 2.91. The van der Waals surface area contributed by atoms with Crippen LogP contribution in [0.25, 0.3) is 0 Å². The summed E-state index contributed by atoms with van der Waals surface area (Å²) in [6.07, 6.45) is -7.45. The van der Waals surface area contributed by atoms with Gasteiger partial charge in [0.2, 0.25) is 0 Å². The Morgan fingerprint density at radius 3 is 1.40 bits per heavy atom. The molecule has 0 aromatic rings. The molecule has 0 bridgehead atoms. The Bertz CT molecular complexity index is 262. The predicted octanol–water partition coefficient (Wildman–Crippen LogP) is -2.65. The summed E-state index contributed by atoms with van der Waals surface area (Å²) in [5, 5.41) is 47.8. The molecule has 1 saturated carbocycles. The van der Waals surface area contributed by atoms with Crippen molar-refractivity contribution >= 4 is 0 Å². The standard InChI is InChI=1S/C9H16O6/c1-8(2)9(15-8)6(13)4(11)3(10)5(12)7(9)14/h3-7,10-14H,1-2H3/t3?,4-,5+,6-,7-,9?/m0/s1. The van der Waals surface area contributed by atoms with Crippen molar-refractivity contribution in [1.29, 1.82) is 0 Å². The lowest BCUT2D eigenvalue weighted by atomic mass is 9.73. The van der Waals surface area contributed by atoms with Gasteiger partial charge in [0.1, 0.15) is 30.5 Å². The van der Waals surface area contributed by atoms with Gasteiger partial charge >= 0.3 is 0 Å². The number of ether oxygens (including phenoxy) is 1. The molecule has 5 N–H and O–H groups in total. The lowest BCUT2D eigenvalue weighted by Crippen LogP contribution is -2.67. The largest absolute Gasteiger partial charge is 0.387 e. The fraction of sp³-hybridized carbons (Fsp3) is 1.00. The Kier molecular flexibility index (Phi) is 2.18. The first-order valence-electron chi connectivity index (χ1n) is 4.86. The van der Waals surface area contributed by atoms with Gasteiger partial charge in [-0.05, 0) is 13.8 Å². The molecule has 2 fully saturated rings. The van der Waals surface area contributed by atoms with E-state index in [9.17, 15) is 25.5 Å². The van der Waals surface area contributed by atoms with Crippen LogP contribution >= 0.6 is 0 Å². The van der Waals surface area contributed by atoms with Gasteiger partial charge in [0.05, 0.1) is 5.60 Å². The third-order valence-corrected chi connectivity index (χ3v) is 3.55. The second-order valence-corrected chi connectivity index (χ2v) is 4.77. The van der Waals surface area contributed by atoms with Gasteiger partial charge in [-0.15, -0.1) is 0 Å². The molecular formula is C9H16O6. The molecule has 1 aliphatic heterocycles. The molecule has 0 radical (unpaired) electrons. The number of aliphatic hydroxyl groups excluding tert-OH is 5. The maximum Gasteiger partial charge on any atom is 0.154 e. The van der Waals surface area contributed by atoms with Crippen LogP contribution in [-0.2, 0) is 4.74 Å². The SMILES string of the molecule is CC1(C)OC12[C@@H](O)[C@H](O)C(O)[C@H](O)[C@@H]2O. The molecule has 6 atom stereocenters. The Hall–Kier alpha value is -0.240. The summed E-state index contributed by atoms with van der Waals surface area (Å²) in [7, 11) is 0. The molecule has 1 spiro atoms. The molecular weight excluding hydrogens is 204 g/mol. The molecule has 0 aromatic carbocycles. The number of hydrogen-bond acceptors (Lipinski definition) is 6. The van der Waals surface area contributed by atoms with Crippen molar-refractivity contribution in [1.82, 2.24) is 0 Å². The zero-order valence-corrected chi connectivity index (χ0v) is 8.53. The highest BCUT2D eigenvalue weighted by Crippen LogP contribution is 2.56. The number of epoxide rings is 1. The van der Waals surface area contributed by atoms with Gasteiger partial charge in [-0.2, -0.15) is 0 Å². The molecule has 1 saturated heterocycles. The van der Waals surface area contributed by atoms with Gasteiger partial charge in [-0.25, -0.2) is 0 Å². The van der Waals surface area contributed by atoms with Gasteiger partial charge in [0, 0.05) is 0 Å². The highest BCUT2D eigenvalue weighted by Gasteiger charge is 2.77. The van der Waals surface area contributed by atoms with Gasteiger partial charge in [-0.3, -0.25) is 0 Å². The minimum Gasteiger partial charge on any atom is -0.387 e. The molecule has 2 rings (SSSR count). The van der Waals surface area contributed by atoms with E-state index in [1.807, 2.05) is 0 Å². The van der Waals surface area contributed by atoms with Crippen molar-refractivity contribution in [3.05, 3.63) is 0 Å². The Labute approximate surface area is 86.7 Å². The monoisotopic (exact) mass is 220 g/mol. The lowest BCUT2D eigenvalue weighted by molar-refractivity contribution is -0.210. The van der Waals surface area contributed by atoms with E-state index >= 15 is 0 Å². The van der Waals surface area contributed by atoms with Crippen molar-refractivity contribution in [2.45, 2.75) is 55.6 Å². The van der Waals surface area contributed by atoms with E-state index < -0.39 is 41.7 Å². The first kappa shape index (κ1) is 11.3. The lowest BCUT2D eigenvalue weighted by Gasteiger charge is -2.41. The van der Waals surface area contributed by atoms with E-state index in [1.165, 1.54) is 0 Å². The highest BCUT2D eigenvalue weighted by atomic mass is 16.7. The van der Waals surface area contributed by atoms with Crippen molar-refractivity contribution in [2.75, 3.05) is 0 Å². The summed E-state index contributed by atoms with van der Waals surface area (Å²) in [6, 6.07) is 0. The van der Waals surface area contributed by atoms with Crippen LogP contribution in [0.1, 0.15) is 13.8 Å². The van der Waals surface area contributed by atoms with Gasteiger partial charge in [0.15, 0.2) is 5.60 Å². The third kappa shape index (κ3) is 1.15. The van der Waals surface area contributed by atoms with Crippen molar-refractivity contribution < 1.29 is 30.3 Å². The van der Waals surface area contributed by atoms with Crippen LogP contribution in [0.2, 0.25) is 0 Å². The fourth-order valence-electron chi connectivity index (χ4n) is 2.49. The summed E-state index contributed by atoms with van der Waals surface area (Å²) in [6.45, 7) is 3.27. The van der Waals surface area contributed by atoms with Crippen LogP contribution in [0.4, 0.5) is 0 Å². The maximum absolute atomic E-state index is 9.76. The summed E-state index contributed by atoms with van der Waals surface area (Å²) < 4.78 is 5.22. The van der Waals surface area contributed by atoms with E-state index in [4.69, 9.17) is 4.74 Å². The average molecular weight is 220 g/mol. The van der Waals surface area contributed by atoms with Crippen molar-refractivity contribution in [3.8, 4) is 0 Å². The highest BCUT2D eigenvalue weighted by molar-refractivity contribution is 5.25. The first-order chi connectivity index (χ1) is 6.75. The molecule has 15 heavy (non-hydrogen) atoms. The summed E-state index contributed by atoms with van der Waals surface area (Å²) in [5.41, 5.74) is -2.21. The topological polar surface area (TPSA) is 114 Å². The molecule has 2 aliphatic rings. The van der Waals surface area contributed by atoms with Crippen LogP contribution < -0.4 is 0 Å². The Balaban J connectivity index is 2.33. The maximum atomic E-state index is 9.76. The minimum atomic E-state index is -1.57. The zero-order chi connectivity index (χ0) is 11.6. The van der Waals surface area contributed by atoms with Gasteiger partial charge in [0.25, 0.3) is 0 Å². The molecule has 0 amide bonds. The smallest absolute Gasteiger partial charge is 0.154 e. The molecule has 2 unspecified atom stereocenters. The van der Waals surface area contributed by atoms with Crippen molar-refractivity contribution in [3.63, 3.8) is 0 Å². The fourth-order valence-corrected chi connectivity index (χ4v) is 2.49. The van der Waals surface area contributed by atoms with Crippen LogP contribution in [0, 0.1) is 0 Å². The molecule has 1 heterocycles. The quantitative estimate of drug-likeness (QED) is 0.285. The number of aliphatic hydroxyl groups is 5. The number of hydrogen-bond donors (Lipinski definition) is 5. The van der Waals surface area contributed by atoms with E-state index in [2.05, 4.69) is 0 Å². The molecule has 6 nitrogen and oxygen atoms in total. The predicted molar refractivity (Wildman–Crippen MR) is 47.9 cm³/mol. The normalized spacial score (nSPS) is 58.2. The summed E-state index contributed by atoms with van der Waals surface area (Å²) >= 11 is 0. The number of rotatable bonds is 0. The van der Waals surface area contributed by atoms with E-state index in [-0.39, 0.29) is 0 Å². The summed E-state index contributed by atoms with van der Waals surface area (Å²) in [4.78, 5) is 0. The second-order valence-electron chi connectivity index (χ2n) is 4.77. The Morgan fingerprint density at radius 2 is 1.13 bits per heavy atom. The molecule has 6 heteroatoms. The average Bonchev–Trinajstić information content (AvgIpc) is 2.75. The minimum absolute atomic E-state index is 0.825. The summed E-state index contributed by atoms with van der Waals surface area (Å²) in [5.74, 6) is 0. The van der Waals surface area contributed by atoms with Gasteiger partial charge in [-0.1, -0.05) is 0 Å². The van der Waals surface area contributed by atoms with E-state index in [0.717, 1.165) is 0 Å². The van der Waals surface area contributed by atoms with Crippen LogP contribution in [-0.4, -0.2) is 67.3 Å². The van der Waals surface area contributed by atoms with Crippen LogP contribution in [0.15, 0.2) is 0 Å². The van der Waals surface area contributed by atoms with Crippen LogP contribution in [0.3, 0.4) is 0 Å². The van der Waals surface area contributed by atoms with E-state index in [1.54, 1.807) is 13.8 Å². The third-order valence-electron chi connectivity index (χ3n) is 3.55. The zero-order valence-electron chi connectivity index (χ0n) is 8.53. The molecule has 1 aliphatic carbocycles. The van der Waals surface area contributed by atoms with Crippen LogP contribution in [0.5, 0.6) is 0 Å². The first-order valence-corrected chi connectivity index (χ1v) is 4.86. The molecule has 0 aromatic heterocycles. The van der Waals surface area contributed by atoms with E-state index in [0.29, 0.717) is 0 Å². The molecule has 88 valence electrons. The Morgan fingerprint density at radius 1 is 0.800 bits per heavy atom. The van der Waals surface area contributed by atoms with Crippen molar-refractivity contribution in [2.24, 2.45) is 0 Å².